The Hall–Kier alpha value is -1.98. The number of benzene rings is 1. The van der Waals surface area contributed by atoms with Crippen LogP contribution in [-0.2, 0) is 11.2 Å². The van der Waals surface area contributed by atoms with Crippen LogP contribution in [0.3, 0.4) is 0 Å². The Kier molecular flexibility index (Phi) is 6.91. The predicted octanol–water partition coefficient (Wildman–Crippen LogP) is 3.70. The number of halogens is 2. The van der Waals surface area contributed by atoms with Gasteiger partial charge in [0.15, 0.2) is 5.76 Å². The molecule has 0 aliphatic carbocycles. The van der Waals surface area contributed by atoms with E-state index in [1.54, 1.807) is 24.3 Å². The molecule has 0 spiro atoms. The molecule has 1 aromatic carbocycles. The standard InChI is InChI=1S/C18H20Cl2N2O3/c1-11(2)16(22-17(23)15-4-3-9-25-15)18(24)21-8-7-12-5-6-13(19)10-14(12)20/h3-6,9-11,16H,7-8H2,1-2H3,(H,21,24)(H,22,23). The molecule has 1 heterocycles. The first-order chi connectivity index (χ1) is 11.9. The summed E-state index contributed by atoms with van der Waals surface area (Å²) in [6, 6.07) is 7.77. The van der Waals surface area contributed by atoms with E-state index < -0.39 is 11.9 Å². The molecule has 1 unspecified atom stereocenters. The van der Waals surface area contributed by atoms with Crippen molar-refractivity contribution in [3.05, 3.63) is 58.0 Å². The number of rotatable bonds is 7. The fraction of sp³-hybridized carbons (Fsp3) is 0.333. The van der Waals surface area contributed by atoms with Gasteiger partial charge in [0.1, 0.15) is 6.04 Å². The van der Waals surface area contributed by atoms with E-state index in [0.717, 1.165) is 5.56 Å². The Morgan fingerprint density at radius 3 is 2.56 bits per heavy atom. The van der Waals surface area contributed by atoms with Gasteiger partial charge in [0.05, 0.1) is 6.26 Å². The lowest BCUT2D eigenvalue weighted by Gasteiger charge is -2.21. The number of carbonyl (C=O) groups is 2. The highest BCUT2D eigenvalue weighted by atomic mass is 35.5. The molecule has 0 saturated carbocycles. The van der Waals surface area contributed by atoms with Crippen molar-refractivity contribution in [2.24, 2.45) is 5.92 Å². The second-order valence-corrected chi connectivity index (χ2v) is 6.79. The molecule has 0 radical (unpaired) electrons. The molecule has 2 N–H and O–H groups in total. The van der Waals surface area contributed by atoms with Gasteiger partial charge in [-0.25, -0.2) is 0 Å². The molecule has 25 heavy (non-hydrogen) atoms. The Morgan fingerprint density at radius 2 is 1.96 bits per heavy atom. The molecule has 0 aliphatic heterocycles. The summed E-state index contributed by atoms with van der Waals surface area (Å²) in [6.45, 7) is 4.13. The minimum absolute atomic E-state index is 0.0713. The summed E-state index contributed by atoms with van der Waals surface area (Å²) < 4.78 is 5.05. The summed E-state index contributed by atoms with van der Waals surface area (Å²) in [5, 5.41) is 6.66. The van der Waals surface area contributed by atoms with Crippen molar-refractivity contribution in [3.63, 3.8) is 0 Å². The van der Waals surface area contributed by atoms with Crippen LogP contribution >= 0.6 is 23.2 Å². The van der Waals surface area contributed by atoms with Gasteiger partial charge in [0, 0.05) is 16.6 Å². The monoisotopic (exact) mass is 382 g/mol. The average molecular weight is 383 g/mol. The molecule has 2 aromatic rings. The fourth-order valence-electron chi connectivity index (χ4n) is 2.31. The lowest BCUT2D eigenvalue weighted by Crippen LogP contribution is -2.50. The maximum absolute atomic E-state index is 12.4. The second-order valence-electron chi connectivity index (χ2n) is 5.95. The highest BCUT2D eigenvalue weighted by Gasteiger charge is 2.25. The zero-order chi connectivity index (χ0) is 18.4. The molecule has 134 valence electrons. The van der Waals surface area contributed by atoms with Crippen LogP contribution in [0.2, 0.25) is 10.0 Å². The quantitative estimate of drug-likeness (QED) is 0.766. The molecular formula is C18H20Cl2N2O3. The van der Waals surface area contributed by atoms with Crippen LogP contribution in [0.25, 0.3) is 0 Å². The predicted molar refractivity (Wildman–Crippen MR) is 98.0 cm³/mol. The Labute approximate surface area is 156 Å². The number of amides is 2. The molecule has 2 rings (SSSR count). The largest absolute Gasteiger partial charge is 0.459 e. The number of furan rings is 1. The van der Waals surface area contributed by atoms with E-state index >= 15 is 0 Å². The van der Waals surface area contributed by atoms with Gasteiger partial charge in [-0.3, -0.25) is 9.59 Å². The van der Waals surface area contributed by atoms with Crippen LogP contribution in [0.15, 0.2) is 41.0 Å². The lowest BCUT2D eigenvalue weighted by atomic mass is 10.0. The first kappa shape index (κ1) is 19.3. The summed E-state index contributed by atoms with van der Waals surface area (Å²) in [7, 11) is 0. The summed E-state index contributed by atoms with van der Waals surface area (Å²) in [4.78, 5) is 24.5. The third-order valence-electron chi connectivity index (χ3n) is 3.69. The van der Waals surface area contributed by atoms with Gasteiger partial charge >= 0.3 is 0 Å². The van der Waals surface area contributed by atoms with Crippen molar-refractivity contribution in [2.45, 2.75) is 26.3 Å². The van der Waals surface area contributed by atoms with Gasteiger partial charge in [-0.05, 0) is 42.2 Å². The highest BCUT2D eigenvalue weighted by Crippen LogP contribution is 2.21. The smallest absolute Gasteiger partial charge is 0.287 e. The van der Waals surface area contributed by atoms with Crippen molar-refractivity contribution in [1.29, 1.82) is 0 Å². The van der Waals surface area contributed by atoms with E-state index in [1.165, 1.54) is 6.26 Å². The van der Waals surface area contributed by atoms with Crippen molar-refractivity contribution in [2.75, 3.05) is 6.54 Å². The van der Waals surface area contributed by atoms with Crippen LogP contribution in [0.1, 0.15) is 30.0 Å². The van der Waals surface area contributed by atoms with Gasteiger partial charge in [0.2, 0.25) is 5.91 Å². The van der Waals surface area contributed by atoms with E-state index in [2.05, 4.69) is 10.6 Å². The SMILES string of the molecule is CC(C)C(NC(=O)c1ccco1)C(=O)NCCc1ccc(Cl)cc1Cl. The molecule has 7 heteroatoms. The van der Waals surface area contributed by atoms with E-state index in [9.17, 15) is 9.59 Å². The van der Waals surface area contributed by atoms with Gasteiger partial charge in [-0.15, -0.1) is 0 Å². The van der Waals surface area contributed by atoms with Gasteiger partial charge < -0.3 is 15.1 Å². The van der Waals surface area contributed by atoms with Crippen molar-refractivity contribution < 1.29 is 14.0 Å². The highest BCUT2D eigenvalue weighted by molar-refractivity contribution is 6.35. The van der Waals surface area contributed by atoms with E-state index in [4.69, 9.17) is 27.6 Å². The topological polar surface area (TPSA) is 71.3 Å². The van der Waals surface area contributed by atoms with E-state index in [1.807, 2.05) is 19.9 Å². The molecule has 0 fully saturated rings. The van der Waals surface area contributed by atoms with Gasteiger partial charge in [-0.2, -0.15) is 0 Å². The number of hydrogen-bond acceptors (Lipinski definition) is 3. The molecule has 0 bridgehead atoms. The first-order valence-corrected chi connectivity index (χ1v) is 8.70. The van der Waals surface area contributed by atoms with E-state index in [-0.39, 0.29) is 17.6 Å². The summed E-state index contributed by atoms with van der Waals surface area (Å²) in [6.07, 6.45) is 1.98. The molecule has 0 aliphatic rings. The van der Waals surface area contributed by atoms with Crippen LogP contribution in [0, 0.1) is 5.92 Å². The van der Waals surface area contributed by atoms with Crippen molar-refractivity contribution >= 4 is 35.0 Å². The maximum atomic E-state index is 12.4. The number of carbonyl (C=O) groups excluding carboxylic acids is 2. The molecule has 0 saturated heterocycles. The number of nitrogens with one attached hydrogen (secondary N) is 2. The van der Waals surface area contributed by atoms with Gasteiger partial charge in [0.25, 0.3) is 5.91 Å². The summed E-state index contributed by atoms with van der Waals surface area (Å²) in [5.41, 5.74) is 0.895. The third kappa shape index (κ3) is 5.51. The Bertz CT molecular complexity index is 730. The molecule has 1 atom stereocenters. The first-order valence-electron chi connectivity index (χ1n) is 7.94. The minimum atomic E-state index is -0.654. The Balaban J connectivity index is 1.90. The lowest BCUT2D eigenvalue weighted by molar-refractivity contribution is -0.123. The molecule has 1 aromatic heterocycles. The Morgan fingerprint density at radius 1 is 1.20 bits per heavy atom. The van der Waals surface area contributed by atoms with Crippen molar-refractivity contribution in [1.82, 2.24) is 10.6 Å². The third-order valence-corrected chi connectivity index (χ3v) is 4.28. The van der Waals surface area contributed by atoms with Crippen LogP contribution < -0.4 is 10.6 Å². The number of hydrogen-bond donors (Lipinski definition) is 2. The molecule has 5 nitrogen and oxygen atoms in total. The van der Waals surface area contributed by atoms with Crippen LogP contribution in [0.4, 0.5) is 0 Å². The average Bonchev–Trinajstić information content (AvgIpc) is 3.08. The normalized spacial score (nSPS) is 12.0. The van der Waals surface area contributed by atoms with E-state index in [0.29, 0.717) is 23.0 Å². The zero-order valence-electron chi connectivity index (χ0n) is 14.0. The summed E-state index contributed by atoms with van der Waals surface area (Å²) in [5.74, 6) is -0.566. The van der Waals surface area contributed by atoms with Crippen LogP contribution in [-0.4, -0.2) is 24.4 Å². The molecular weight excluding hydrogens is 363 g/mol. The fourth-order valence-corrected chi connectivity index (χ4v) is 2.81. The van der Waals surface area contributed by atoms with Gasteiger partial charge in [-0.1, -0.05) is 43.1 Å². The molecule has 2 amide bonds. The second kappa shape index (κ2) is 8.92. The summed E-state index contributed by atoms with van der Waals surface area (Å²) >= 11 is 12.0. The maximum Gasteiger partial charge on any atom is 0.287 e. The van der Waals surface area contributed by atoms with Crippen LogP contribution in [0.5, 0.6) is 0 Å². The van der Waals surface area contributed by atoms with Crippen molar-refractivity contribution in [3.8, 4) is 0 Å². The zero-order valence-corrected chi connectivity index (χ0v) is 15.5. The minimum Gasteiger partial charge on any atom is -0.459 e.